The molecule has 0 bridgehead atoms. The van der Waals surface area contributed by atoms with Gasteiger partial charge in [0, 0.05) is 30.4 Å². The monoisotopic (exact) mass is 420 g/mol. The second-order valence-corrected chi connectivity index (χ2v) is 9.09. The normalized spacial score (nSPS) is 17.7. The molecule has 4 rings (SSSR count). The highest BCUT2D eigenvalue weighted by Gasteiger charge is 2.29. The molecule has 0 aliphatic carbocycles. The van der Waals surface area contributed by atoms with E-state index in [1.807, 2.05) is 12.1 Å². The molecule has 2 unspecified atom stereocenters. The molecular weight excluding hydrogens is 392 g/mol. The predicted octanol–water partition coefficient (Wildman–Crippen LogP) is 4.78. The van der Waals surface area contributed by atoms with Gasteiger partial charge in [0.05, 0.1) is 12.0 Å². The number of rotatable bonds is 6. The third-order valence-electron chi connectivity index (χ3n) is 5.68. The average Bonchev–Trinajstić information content (AvgIpc) is 3.33. The highest BCUT2D eigenvalue weighted by atomic mass is 32.1. The van der Waals surface area contributed by atoms with E-state index >= 15 is 0 Å². The number of hydrogen-bond acceptors (Lipinski definition) is 5. The predicted molar refractivity (Wildman–Crippen MR) is 122 cm³/mol. The number of carbonyl (C=O) groups excluding carboxylic acids is 1. The van der Waals surface area contributed by atoms with Crippen molar-refractivity contribution in [2.24, 2.45) is 5.92 Å². The fourth-order valence-electron chi connectivity index (χ4n) is 3.94. The van der Waals surface area contributed by atoms with Crippen molar-refractivity contribution in [3.05, 3.63) is 76.2 Å². The molecular formula is C24H28N4OS. The number of nitrogens with one attached hydrogen (secondary N) is 1. The summed E-state index contributed by atoms with van der Waals surface area (Å²) in [4.78, 5) is 25.2. The summed E-state index contributed by atoms with van der Waals surface area (Å²) < 4.78 is 0. The summed E-state index contributed by atoms with van der Waals surface area (Å²) in [5.41, 5.74) is 2.43. The SMILES string of the molecule is CC(C)c1ccc(C(NC(=O)C2CCCN(c3ncccn3)C2)c2cccs2)cc1. The fourth-order valence-corrected chi connectivity index (χ4v) is 4.74. The molecule has 1 aliphatic heterocycles. The molecule has 0 radical (unpaired) electrons. The summed E-state index contributed by atoms with van der Waals surface area (Å²) >= 11 is 1.68. The number of hydrogen-bond donors (Lipinski definition) is 1. The van der Waals surface area contributed by atoms with Crippen LogP contribution in [0.25, 0.3) is 0 Å². The zero-order chi connectivity index (χ0) is 20.9. The van der Waals surface area contributed by atoms with E-state index in [0.29, 0.717) is 18.4 Å². The molecule has 2 atom stereocenters. The van der Waals surface area contributed by atoms with E-state index in [9.17, 15) is 4.79 Å². The Balaban J connectivity index is 1.50. The number of nitrogens with zero attached hydrogens (tertiary/aromatic N) is 3. The minimum absolute atomic E-state index is 0.0695. The fraction of sp³-hybridized carbons (Fsp3) is 0.375. The van der Waals surface area contributed by atoms with E-state index in [-0.39, 0.29) is 17.9 Å². The van der Waals surface area contributed by atoms with Gasteiger partial charge in [-0.1, -0.05) is 44.2 Å². The smallest absolute Gasteiger partial charge is 0.225 e. The Bertz CT molecular complexity index is 941. The van der Waals surface area contributed by atoms with E-state index in [1.54, 1.807) is 23.7 Å². The number of anilines is 1. The third-order valence-corrected chi connectivity index (χ3v) is 6.62. The Hall–Kier alpha value is -2.73. The molecule has 5 nitrogen and oxygen atoms in total. The van der Waals surface area contributed by atoms with Crippen LogP contribution in [0.15, 0.2) is 60.2 Å². The van der Waals surface area contributed by atoms with E-state index < -0.39 is 0 Å². The van der Waals surface area contributed by atoms with Gasteiger partial charge in [-0.2, -0.15) is 0 Å². The maximum atomic E-state index is 13.3. The van der Waals surface area contributed by atoms with Gasteiger partial charge in [0.25, 0.3) is 0 Å². The van der Waals surface area contributed by atoms with Crippen LogP contribution in [0.2, 0.25) is 0 Å². The van der Waals surface area contributed by atoms with E-state index in [1.165, 1.54) is 5.56 Å². The maximum Gasteiger partial charge on any atom is 0.225 e. The maximum absolute atomic E-state index is 13.3. The van der Waals surface area contributed by atoms with Crippen LogP contribution in [0.4, 0.5) is 5.95 Å². The van der Waals surface area contributed by atoms with Crippen LogP contribution < -0.4 is 10.2 Å². The lowest BCUT2D eigenvalue weighted by Crippen LogP contribution is -2.44. The van der Waals surface area contributed by atoms with Crippen LogP contribution in [0, 0.1) is 5.92 Å². The largest absolute Gasteiger partial charge is 0.344 e. The highest BCUT2D eigenvalue weighted by molar-refractivity contribution is 7.10. The summed E-state index contributed by atoms with van der Waals surface area (Å²) in [7, 11) is 0. The molecule has 1 fully saturated rings. The lowest BCUT2D eigenvalue weighted by Gasteiger charge is -2.32. The van der Waals surface area contributed by atoms with Crippen LogP contribution in [-0.2, 0) is 4.79 Å². The first-order chi connectivity index (χ1) is 14.6. The minimum Gasteiger partial charge on any atom is -0.344 e. The van der Waals surface area contributed by atoms with Crippen LogP contribution in [0.3, 0.4) is 0 Å². The average molecular weight is 421 g/mol. The van der Waals surface area contributed by atoms with Crippen molar-refractivity contribution in [1.82, 2.24) is 15.3 Å². The number of carbonyl (C=O) groups is 1. The Labute approximate surface area is 182 Å². The van der Waals surface area contributed by atoms with Crippen molar-refractivity contribution in [2.45, 2.75) is 38.6 Å². The van der Waals surface area contributed by atoms with Crippen LogP contribution in [-0.4, -0.2) is 29.0 Å². The van der Waals surface area contributed by atoms with Gasteiger partial charge in [-0.05, 0) is 47.4 Å². The second kappa shape index (κ2) is 9.39. The molecule has 1 aliphatic rings. The molecule has 3 heterocycles. The summed E-state index contributed by atoms with van der Waals surface area (Å²) in [6.45, 7) is 5.93. The summed E-state index contributed by atoms with van der Waals surface area (Å²) in [6, 6.07) is 14.4. The molecule has 0 saturated carbocycles. The lowest BCUT2D eigenvalue weighted by molar-refractivity contribution is -0.125. The van der Waals surface area contributed by atoms with Gasteiger partial charge in [-0.3, -0.25) is 4.79 Å². The van der Waals surface area contributed by atoms with Gasteiger partial charge < -0.3 is 10.2 Å². The van der Waals surface area contributed by atoms with Crippen LogP contribution in [0.5, 0.6) is 0 Å². The number of aromatic nitrogens is 2. The summed E-state index contributed by atoms with van der Waals surface area (Å²) in [5.74, 6) is 1.22. The Morgan fingerprint density at radius 1 is 1.10 bits per heavy atom. The topological polar surface area (TPSA) is 58.1 Å². The van der Waals surface area contributed by atoms with Crippen molar-refractivity contribution >= 4 is 23.2 Å². The quantitative estimate of drug-likeness (QED) is 0.623. The summed E-state index contributed by atoms with van der Waals surface area (Å²) in [6.07, 6.45) is 5.35. The number of thiophene rings is 1. The number of benzene rings is 1. The van der Waals surface area contributed by atoms with Crippen molar-refractivity contribution < 1.29 is 4.79 Å². The van der Waals surface area contributed by atoms with Gasteiger partial charge in [0.15, 0.2) is 0 Å². The van der Waals surface area contributed by atoms with Crippen molar-refractivity contribution in [2.75, 3.05) is 18.0 Å². The molecule has 2 aromatic heterocycles. The van der Waals surface area contributed by atoms with E-state index in [4.69, 9.17) is 0 Å². The van der Waals surface area contributed by atoms with Crippen molar-refractivity contribution in [1.29, 1.82) is 0 Å². The van der Waals surface area contributed by atoms with E-state index in [2.05, 4.69) is 69.7 Å². The molecule has 1 amide bonds. The van der Waals surface area contributed by atoms with Gasteiger partial charge >= 0.3 is 0 Å². The number of amides is 1. The zero-order valence-corrected chi connectivity index (χ0v) is 18.3. The Morgan fingerprint density at radius 2 is 1.83 bits per heavy atom. The zero-order valence-electron chi connectivity index (χ0n) is 17.5. The second-order valence-electron chi connectivity index (χ2n) is 8.11. The van der Waals surface area contributed by atoms with Gasteiger partial charge in [-0.15, -0.1) is 11.3 Å². The first-order valence-corrected chi connectivity index (χ1v) is 11.5. The summed E-state index contributed by atoms with van der Waals surface area (Å²) in [5, 5.41) is 5.39. The first-order valence-electron chi connectivity index (χ1n) is 10.6. The standard InChI is InChI=1S/C24H28N4OS/c1-17(2)18-8-10-19(11-9-18)22(21-7-4-15-30-21)27-23(29)20-6-3-14-28(16-20)24-25-12-5-13-26-24/h4-5,7-13,15,17,20,22H,3,6,14,16H2,1-2H3,(H,27,29). The number of piperidine rings is 1. The van der Waals surface area contributed by atoms with E-state index in [0.717, 1.165) is 29.8 Å². The third kappa shape index (κ3) is 4.70. The Kier molecular flexibility index (Phi) is 6.43. The van der Waals surface area contributed by atoms with Gasteiger partial charge in [0.1, 0.15) is 0 Å². The molecule has 0 spiro atoms. The molecule has 6 heteroatoms. The molecule has 30 heavy (non-hydrogen) atoms. The van der Waals surface area contributed by atoms with Gasteiger partial charge in [0.2, 0.25) is 11.9 Å². The molecule has 3 aromatic rings. The first kappa shape index (κ1) is 20.5. The minimum atomic E-state index is -0.123. The Morgan fingerprint density at radius 3 is 2.50 bits per heavy atom. The van der Waals surface area contributed by atoms with Crippen molar-refractivity contribution in [3.8, 4) is 0 Å². The van der Waals surface area contributed by atoms with Crippen LogP contribution >= 0.6 is 11.3 Å². The van der Waals surface area contributed by atoms with Crippen LogP contribution in [0.1, 0.15) is 54.7 Å². The molecule has 156 valence electrons. The molecule has 1 aromatic carbocycles. The highest BCUT2D eigenvalue weighted by Crippen LogP contribution is 2.29. The lowest BCUT2D eigenvalue weighted by atomic mass is 9.95. The molecule has 1 saturated heterocycles. The molecule has 1 N–H and O–H groups in total. The van der Waals surface area contributed by atoms with Crippen molar-refractivity contribution in [3.63, 3.8) is 0 Å². The van der Waals surface area contributed by atoms with Gasteiger partial charge in [-0.25, -0.2) is 9.97 Å².